The van der Waals surface area contributed by atoms with Gasteiger partial charge in [0.05, 0.1) is 10.0 Å². The minimum Gasteiger partial charge on any atom is -0.206 e. The minimum absolute atomic E-state index is 0.211. The molecule has 0 aliphatic heterocycles. The Kier molecular flexibility index (Phi) is 2.63. The summed E-state index contributed by atoms with van der Waals surface area (Å²) in [7, 11) is 0. The quantitative estimate of drug-likeness (QED) is 0.669. The van der Waals surface area contributed by atoms with Crippen molar-refractivity contribution in [3.05, 3.63) is 32.5 Å². The molecular formula is C7H2Br2FN. The van der Waals surface area contributed by atoms with Crippen LogP contribution < -0.4 is 0 Å². The molecule has 0 unspecified atom stereocenters. The zero-order chi connectivity index (χ0) is 8.43. The van der Waals surface area contributed by atoms with Crippen molar-refractivity contribution in [2.75, 3.05) is 0 Å². The summed E-state index contributed by atoms with van der Waals surface area (Å²) in [5.41, 5.74) is 0.289. The number of benzene rings is 1. The normalized spacial score (nSPS) is 9.27. The smallest absolute Gasteiger partial charge is 0.139 e. The molecule has 4 heteroatoms. The average molecular weight is 279 g/mol. The Bertz CT molecular complexity index is 330. The van der Waals surface area contributed by atoms with Crippen LogP contribution in [-0.4, -0.2) is 0 Å². The number of hydrogen-bond donors (Lipinski definition) is 0. The van der Waals surface area contributed by atoms with Gasteiger partial charge in [0.1, 0.15) is 11.9 Å². The lowest BCUT2D eigenvalue weighted by Gasteiger charge is -1.97. The molecule has 1 nitrogen and oxygen atoms in total. The fourth-order valence-corrected chi connectivity index (χ4v) is 1.38. The van der Waals surface area contributed by atoms with Crippen LogP contribution in [0.1, 0.15) is 5.56 Å². The van der Waals surface area contributed by atoms with E-state index in [1.807, 2.05) is 6.07 Å². The van der Waals surface area contributed by atoms with E-state index >= 15 is 0 Å². The summed E-state index contributed by atoms with van der Waals surface area (Å²) in [6.07, 6.45) is 0. The fraction of sp³-hybridized carbons (Fsp3) is 0. The summed E-state index contributed by atoms with van der Waals surface area (Å²) in [5.74, 6) is -0.434. The number of rotatable bonds is 0. The molecule has 0 heterocycles. The minimum atomic E-state index is -0.434. The third-order valence-electron chi connectivity index (χ3n) is 1.11. The van der Waals surface area contributed by atoms with Crippen LogP contribution in [0.5, 0.6) is 0 Å². The molecule has 1 aromatic rings. The van der Waals surface area contributed by atoms with Crippen LogP contribution in [0.4, 0.5) is 4.39 Å². The maximum Gasteiger partial charge on any atom is 0.139 e. The van der Waals surface area contributed by atoms with E-state index < -0.39 is 5.82 Å². The Morgan fingerprint density at radius 3 is 2.55 bits per heavy atom. The second-order valence-electron chi connectivity index (χ2n) is 1.86. The zero-order valence-corrected chi connectivity index (χ0v) is 8.41. The van der Waals surface area contributed by atoms with Gasteiger partial charge in [0.15, 0.2) is 0 Å². The highest BCUT2D eigenvalue weighted by Crippen LogP contribution is 2.24. The van der Waals surface area contributed by atoms with Crippen LogP contribution in [0, 0.1) is 17.1 Å². The summed E-state index contributed by atoms with van der Waals surface area (Å²) in [6, 6.07) is 4.71. The van der Waals surface area contributed by atoms with Crippen LogP contribution in [-0.2, 0) is 0 Å². The molecule has 0 saturated heterocycles. The van der Waals surface area contributed by atoms with Gasteiger partial charge in [-0.1, -0.05) is 15.9 Å². The number of nitrogens with zero attached hydrogens (tertiary/aromatic N) is 1. The molecule has 1 aromatic carbocycles. The van der Waals surface area contributed by atoms with Crippen LogP contribution >= 0.6 is 31.9 Å². The lowest BCUT2D eigenvalue weighted by molar-refractivity contribution is 0.619. The maximum absolute atomic E-state index is 12.8. The highest BCUT2D eigenvalue weighted by molar-refractivity contribution is 9.11. The average Bonchev–Trinajstić information content (AvgIpc) is 1.96. The molecule has 56 valence electrons. The Balaban J connectivity index is 3.39. The molecule has 1 rings (SSSR count). The molecule has 0 bridgehead atoms. The van der Waals surface area contributed by atoms with Gasteiger partial charge in [-0.05, 0) is 28.1 Å². The van der Waals surface area contributed by atoms with E-state index in [4.69, 9.17) is 5.26 Å². The first kappa shape index (κ1) is 8.69. The standard InChI is InChI=1S/C7H2Br2FN/c8-5-1-4(3-11)7(9)6(10)2-5/h1-2H. The van der Waals surface area contributed by atoms with Crippen molar-refractivity contribution < 1.29 is 4.39 Å². The van der Waals surface area contributed by atoms with Crippen LogP contribution in [0.2, 0.25) is 0 Å². The van der Waals surface area contributed by atoms with Gasteiger partial charge in [-0.2, -0.15) is 5.26 Å². The number of halogens is 3. The first-order valence-corrected chi connectivity index (χ1v) is 4.28. The number of hydrogen-bond acceptors (Lipinski definition) is 1. The van der Waals surface area contributed by atoms with Crippen molar-refractivity contribution in [3.8, 4) is 6.07 Å². The van der Waals surface area contributed by atoms with Crippen LogP contribution in [0.3, 0.4) is 0 Å². The van der Waals surface area contributed by atoms with E-state index in [0.29, 0.717) is 4.47 Å². The Morgan fingerprint density at radius 1 is 1.36 bits per heavy atom. The highest BCUT2D eigenvalue weighted by Gasteiger charge is 2.05. The van der Waals surface area contributed by atoms with Crippen LogP contribution in [0.15, 0.2) is 21.1 Å². The van der Waals surface area contributed by atoms with Gasteiger partial charge < -0.3 is 0 Å². The van der Waals surface area contributed by atoms with Crippen molar-refractivity contribution in [1.82, 2.24) is 0 Å². The molecule has 0 aliphatic carbocycles. The number of nitriles is 1. The molecule has 0 saturated carbocycles. The second-order valence-corrected chi connectivity index (χ2v) is 3.57. The van der Waals surface area contributed by atoms with Gasteiger partial charge in [0, 0.05) is 4.47 Å². The lowest BCUT2D eigenvalue weighted by Crippen LogP contribution is -1.83. The Hall–Kier alpha value is -0.400. The second kappa shape index (κ2) is 3.33. The van der Waals surface area contributed by atoms with Gasteiger partial charge in [-0.15, -0.1) is 0 Å². The maximum atomic E-state index is 12.8. The van der Waals surface area contributed by atoms with Crippen molar-refractivity contribution in [1.29, 1.82) is 5.26 Å². The fourth-order valence-electron chi connectivity index (χ4n) is 0.637. The summed E-state index contributed by atoms with van der Waals surface area (Å²) in [4.78, 5) is 0. The van der Waals surface area contributed by atoms with Crippen molar-refractivity contribution in [2.24, 2.45) is 0 Å². The monoisotopic (exact) mass is 277 g/mol. The van der Waals surface area contributed by atoms with E-state index in [9.17, 15) is 4.39 Å². The molecule has 0 aliphatic rings. The summed E-state index contributed by atoms with van der Waals surface area (Å²) < 4.78 is 13.6. The third-order valence-corrected chi connectivity index (χ3v) is 2.38. The molecular weight excluding hydrogens is 277 g/mol. The molecule has 0 radical (unpaired) electrons. The zero-order valence-electron chi connectivity index (χ0n) is 5.24. The van der Waals surface area contributed by atoms with E-state index in [1.165, 1.54) is 6.07 Å². The molecule has 0 fully saturated rings. The summed E-state index contributed by atoms with van der Waals surface area (Å²) in [5, 5.41) is 8.50. The Morgan fingerprint density at radius 2 is 2.00 bits per heavy atom. The largest absolute Gasteiger partial charge is 0.206 e. The SMILES string of the molecule is N#Cc1cc(Br)cc(F)c1Br. The predicted molar refractivity (Wildman–Crippen MR) is 46.5 cm³/mol. The topological polar surface area (TPSA) is 23.8 Å². The van der Waals surface area contributed by atoms with Crippen molar-refractivity contribution >= 4 is 31.9 Å². The van der Waals surface area contributed by atoms with E-state index in [2.05, 4.69) is 31.9 Å². The van der Waals surface area contributed by atoms with E-state index in [1.54, 1.807) is 6.07 Å². The third kappa shape index (κ3) is 1.79. The van der Waals surface area contributed by atoms with Gasteiger partial charge >= 0.3 is 0 Å². The first-order chi connectivity index (χ1) is 5.15. The first-order valence-electron chi connectivity index (χ1n) is 2.70. The molecule has 0 amide bonds. The Labute approximate surface area is 80.1 Å². The predicted octanol–water partition coefficient (Wildman–Crippen LogP) is 3.22. The van der Waals surface area contributed by atoms with Crippen LogP contribution in [0.25, 0.3) is 0 Å². The van der Waals surface area contributed by atoms with Gasteiger partial charge in [0.2, 0.25) is 0 Å². The summed E-state index contributed by atoms with van der Waals surface area (Å²) >= 11 is 6.03. The van der Waals surface area contributed by atoms with E-state index in [0.717, 1.165) is 0 Å². The summed E-state index contributed by atoms with van der Waals surface area (Å²) in [6.45, 7) is 0. The molecule has 11 heavy (non-hydrogen) atoms. The van der Waals surface area contributed by atoms with Gasteiger partial charge in [-0.25, -0.2) is 4.39 Å². The van der Waals surface area contributed by atoms with Gasteiger partial charge in [-0.3, -0.25) is 0 Å². The van der Waals surface area contributed by atoms with Crippen molar-refractivity contribution in [2.45, 2.75) is 0 Å². The molecule has 0 aromatic heterocycles. The highest BCUT2D eigenvalue weighted by atomic mass is 79.9. The van der Waals surface area contributed by atoms with E-state index in [-0.39, 0.29) is 10.0 Å². The molecule has 0 atom stereocenters. The molecule has 0 N–H and O–H groups in total. The lowest BCUT2D eigenvalue weighted by atomic mass is 10.2. The molecule has 0 spiro atoms. The van der Waals surface area contributed by atoms with Crippen molar-refractivity contribution in [3.63, 3.8) is 0 Å². The van der Waals surface area contributed by atoms with Gasteiger partial charge in [0.25, 0.3) is 0 Å².